The fraction of sp³-hybridized carbons (Fsp3) is 0.375. The molecule has 1 heterocycles. The van der Waals surface area contributed by atoms with E-state index in [1.54, 1.807) is 18.3 Å². The van der Waals surface area contributed by atoms with Crippen molar-refractivity contribution in [3.63, 3.8) is 0 Å². The van der Waals surface area contributed by atoms with Crippen molar-refractivity contribution in [3.8, 4) is 0 Å². The second-order valence-electron chi connectivity index (χ2n) is 2.47. The van der Waals surface area contributed by atoms with Gasteiger partial charge in [-0.15, -0.1) is 0 Å². The first-order valence-electron chi connectivity index (χ1n) is 3.55. The van der Waals surface area contributed by atoms with E-state index in [1.807, 2.05) is 0 Å². The third-order valence-corrected chi connectivity index (χ3v) is 1.46. The topological polar surface area (TPSA) is 33.1 Å². The Morgan fingerprint density at radius 2 is 2.25 bits per heavy atom. The molecule has 0 aliphatic rings. The normalized spacial score (nSPS) is 13.3. The maximum Gasteiger partial charge on any atom is 0.264 e. The van der Waals surface area contributed by atoms with Crippen LogP contribution in [0.5, 0.6) is 0 Å². The van der Waals surface area contributed by atoms with E-state index in [0.29, 0.717) is 5.56 Å². The van der Waals surface area contributed by atoms with Crippen LogP contribution in [0.1, 0.15) is 5.56 Å². The number of halogens is 2. The molecule has 12 heavy (non-hydrogen) atoms. The lowest BCUT2D eigenvalue weighted by Crippen LogP contribution is -2.20. The van der Waals surface area contributed by atoms with Gasteiger partial charge in [-0.2, -0.15) is 0 Å². The molecule has 1 atom stereocenters. The maximum atomic E-state index is 11.8. The van der Waals surface area contributed by atoms with Crippen molar-refractivity contribution in [1.29, 1.82) is 0 Å². The van der Waals surface area contributed by atoms with E-state index in [9.17, 15) is 8.78 Å². The number of alkyl halides is 2. The Balaban J connectivity index is 2.53. The average Bonchev–Trinajstić information content (AvgIpc) is 2.06. The first kappa shape index (κ1) is 9.06. The number of aliphatic hydroxyl groups is 1. The van der Waals surface area contributed by atoms with Crippen molar-refractivity contribution in [2.24, 2.45) is 0 Å². The van der Waals surface area contributed by atoms with Crippen LogP contribution in [0.3, 0.4) is 0 Å². The van der Waals surface area contributed by atoms with Gasteiger partial charge in [0.2, 0.25) is 0 Å². The first-order valence-corrected chi connectivity index (χ1v) is 3.55. The summed E-state index contributed by atoms with van der Waals surface area (Å²) in [6.45, 7) is 0. The molecule has 0 bridgehead atoms. The van der Waals surface area contributed by atoms with Crippen LogP contribution in [-0.2, 0) is 6.42 Å². The number of rotatable bonds is 3. The quantitative estimate of drug-likeness (QED) is 0.746. The molecule has 0 spiro atoms. The molecule has 66 valence electrons. The van der Waals surface area contributed by atoms with E-state index >= 15 is 0 Å². The minimum Gasteiger partial charge on any atom is -0.387 e. The third kappa shape index (κ3) is 2.54. The molecule has 0 saturated heterocycles. The summed E-state index contributed by atoms with van der Waals surface area (Å²) < 4.78 is 23.7. The Kier molecular flexibility index (Phi) is 3.10. The van der Waals surface area contributed by atoms with E-state index in [1.165, 1.54) is 6.20 Å². The van der Waals surface area contributed by atoms with Gasteiger partial charge in [0.1, 0.15) is 6.10 Å². The molecular formula is C8H9F2NO. The SMILES string of the molecule is OC(Cc1cccnc1)C(F)F. The summed E-state index contributed by atoms with van der Waals surface area (Å²) in [6.07, 6.45) is -1.31. The monoisotopic (exact) mass is 173 g/mol. The van der Waals surface area contributed by atoms with Gasteiger partial charge >= 0.3 is 0 Å². The van der Waals surface area contributed by atoms with Crippen LogP contribution in [0, 0.1) is 0 Å². The summed E-state index contributed by atoms with van der Waals surface area (Å²) in [5.74, 6) is 0. The molecule has 0 fully saturated rings. The molecule has 2 nitrogen and oxygen atoms in total. The molecule has 1 aromatic heterocycles. The molecule has 0 radical (unpaired) electrons. The van der Waals surface area contributed by atoms with Crippen LogP contribution in [0.2, 0.25) is 0 Å². The van der Waals surface area contributed by atoms with E-state index in [0.717, 1.165) is 0 Å². The summed E-state index contributed by atoms with van der Waals surface area (Å²) in [5.41, 5.74) is 0.616. The molecule has 1 aromatic rings. The first-order chi connectivity index (χ1) is 5.70. The largest absolute Gasteiger partial charge is 0.387 e. The Labute approximate surface area is 68.9 Å². The summed E-state index contributed by atoms with van der Waals surface area (Å²) in [7, 11) is 0. The fourth-order valence-electron chi connectivity index (χ4n) is 0.849. The number of nitrogens with zero attached hydrogens (tertiary/aromatic N) is 1. The van der Waals surface area contributed by atoms with Gasteiger partial charge in [0, 0.05) is 18.8 Å². The van der Waals surface area contributed by atoms with Gasteiger partial charge in [-0.1, -0.05) is 6.07 Å². The summed E-state index contributed by atoms with van der Waals surface area (Å²) in [6, 6.07) is 3.30. The van der Waals surface area contributed by atoms with Crippen LogP contribution >= 0.6 is 0 Å². The van der Waals surface area contributed by atoms with Crippen LogP contribution in [0.4, 0.5) is 8.78 Å². The summed E-state index contributed by atoms with van der Waals surface area (Å²) in [5, 5.41) is 8.80. The van der Waals surface area contributed by atoms with Gasteiger partial charge < -0.3 is 5.11 Å². The molecule has 0 aliphatic carbocycles. The zero-order valence-electron chi connectivity index (χ0n) is 6.32. The average molecular weight is 173 g/mol. The molecule has 0 amide bonds. The summed E-state index contributed by atoms with van der Waals surface area (Å²) in [4.78, 5) is 3.74. The van der Waals surface area contributed by atoms with Gasteiger partial charge in [0.25, 0.3) is 6.43 Å². The molecular weight excluding hydrogens is 164 g/mol. The molecule has 0 saturated carbocycles. The second-order valence-corrected chi connectivity index (χ2v) is 2.47. The number of pyridine rings is 1. The molecule has 4 heteroatoms. The zero-order valence-corrected chi connectivity index (χ0v) is 6.32. The van der Waals surface area contributed by atoms with E-state index < -0.39 is 12.5 Å². The van der Waals surface area contributed by atoms with E-state index in [4.69, 9.17) is 5.11 Å². The highest BCUT2D eigenvalue weighted by atomic mass is 19.3. The molecule has 1 rings (SSSR count). The molecule has 0 aromatic carbocycles. The summed E-state index contributed by atoms with van der Waals surface area (Å²) >= 11 is 0. The minimum atomic E-state index is -2.69. The number of aromatic nitrogens is 1. The highest BCUT2D eigenvalue weighted by Crippen LogP contribution is 2.07. The maximum absolute atomic E-state index is 11.8. The van der Waals surface area contributed by atoms with Crippen LogP contribution in [0.25, 0.3) is 0 Å². The fourth-order valence-corrected chi connectivity index (χ4v) is 0.849. The smallest absolute Gasteiger partial charge is 0.264 e. The van der Waals surface area contributed by atoms with Gasteiger partial charge in [-0.05, 0) is 11.6 Å². The second kappa shape index (κ2) is 4.11. The van der Waals surface area contributed by atoms with Crippen molar-refractivity contribution in [2.75, 3.05) is 0 Å². The minimum absolute atomic E-state index is 0.0501. The Bertz CT molecular complexity index is 228. The van der Waals surface area contributed by atoms with Crippen LogP contribution < -0.4 is 0 Å². The Morgan fingerprint density at radius 3 is 2.75 bits per heavy atom. The van der Waals surface area contributed by atoms with Gasteiger partial charge in [-0.3, -0.25) is 4.98 Å². The van der Waals surface area contributed by atoms with Crippen molar-refractivity contribution in [2.45, 2.75) is 19.0 Å². The third-order valence-electron chi connectivity index (χ3n) is 1.46. The highest BCUT2D eigenvalue weighted by molar-refractivity contribution is 5.09. The number of aliphatic hydroxyl groups excluding tert-OH is 1. The number of hydrogen-bond acceptors (Lipinski definition) is 2. The van der Waals surface area contributed by atoms with Crippen molar-refractivity contribution >= 4 is 0 Å². The van der Waals surface area contributed by atoms with E-state index in [-0.39, 0.29) is 6.42 Å². The Morgan fingerprint density at radius 1 is 1.50 bits per heavy atom. The lowest BCUT2D eigenvalue weighted by molar-refractivity contribution is -0.00369. The predicted molar refractivity (Wildman–Crippen MR) is 40.0 cm³/mol. The van der Waals surface area contributed by atoms with E-state index in [2.05, 4.69) is 4.98 Å². The highest BCUT2D eigenvalue weighted by Gasteiger charge is 2.16. The molecule has 1 unspecified atom stereocenters. The Hall–Kier alpha value is -1.03. The van der Waals surface area contributed by atoms with Gasteiger partial charge in [-0.25, -0.2) is 8.78 Å². The zero-order chi connectivity index (χ0) is 8.97. The van der Waals surface area contributed by atoms with Gasteiger partial charge in [0.15, 0.2) is 0 Å². The number of hydrogen-bond donors (Lipinski definition) is 1. The van der Waals surface area contributed by atoms with Crippen LogP contribution in [0.15, 0.2) is 24.5 Å². The molecule has 0 aliphatic heterocycles. The lowest BCUT2D eigenvalue weighted by Gasteiger charge is -2.07. The van der Waals surface area contributed by atoms with Crippen molar-refractivity contribution in [1.82, 2.24) is 4.98 Å². The standard InChI is InChI=1S/C8H9F2NO/c9-8(10)7(12)4-6-2-1-3-11-5-6/h1-3,5,7-8,12H,4H2. The van der Waals surface area contributed by atoms with Crippen molar-refractivity contribution in [3.05, 3.63) is 30.1 Å². The van der Waals surface area contributed by atoms with Crippen LogP contribution in [-0.4, -0.2) is 22.6 Å². The lowest BCUT2D eigenvalue weighted by atomic mass is 10.1. The van der Waals surface area contributed by atoms with Gasteiger partial charge in [0.05, 0.1) is 0 Å². The predicted octanol–water partition coefficient (Wildman–Crippen LogP) is 1.25. The van der Waals surface area contributed by atoms with Crippen molar-refractivity contribution < 1.29 is 13.9 Å². The molecule has 1 N–H and O–H groups in total.